The van der Waals surface area contributed by atoms with Gasteiger partial charge in [-0.05, 0) is 37.5 Å². The molecule has 1 unspecified atom stereocenters. The average molecular weight is 283 g/mol. The first-order valence-corrected chi connectivity index (χ1v) is 7.02. The summed E-state index contributed by atoms with van der Waals surface area (Å²) < 4.78 is 0. The van der Waals surface area contributed by atoms with Crippen LogP contribution in [0.3, 0.4) is 0 Å². The molecule has 21 heavy (non-hydrogen) atoms. The van der Waals surface area contributed by atoms with Gasteiger partial charge < -0.3 is 10.6 Å². The van der Waals surface area contributed by atoms with Crippen molar-refractivity contribution in [3.05, 3.63) is 48.3 Å². The summed E-state index contributed by atoms with van der Waals surface area (Å²) >= 11 is 0. The van der Waals surface area contributed by atoms with E-state index >= 15 is 0 Å². The van der Waals surface area contributed by atoms with Gasteiger partial charge in [-0.2, -0.15) is 0 Å². The Labute approximate surface area is 123 Å². The van der Waals surface area contributed by atoms with Gasteiger partial charge in [-0.25, -0.2) is 14.8 Å². The molecule has 0 aromatic carbocycles. The lowest BCUT2D eigenvalue weighted by molar-refractivity contribution is 0.249. The number of hydrogen-bond acceptors (Lipinski definition) is 4. The number of carbonyl (C=O) groups excluding carboxylic acids is 1. The van der Waals surface area contributed by atoms with Gasteiger partial charge in [-0.3, -0.25) is 4.98 Å². The highest BCUT2D eigenvalue weighted by molar-refractivity contribution is 5.89. The summed E-state index contributed by atoms with van der Waals surface area (Å²) in [5.74, 6) is 1.38. The monoisotopic (exact) mass is 283 g/mol. The van der Waals surface area contributed by atoms with Gasteiger partial charge in [0.25, 0.3) is 0 Å². The molecule has 2 aromatic heterocycles. The number of aromatic nitrogens is 3. The number of nitrogens with one attached hydrogen (secondary N) is 2. The molecule has 0 spiro atoms. The number of nitrogens with zero attached hydrogens (tertiary/aromatic N) is 3. The van der Waals surface area contributed by atoms with Crippen molar-refractivity contribution in [2.24, 2.45) is 0 Å². The van der Waals surface area contributed by atoms with Gasteiger partial charge >= 0.3 is 6.03 Å². The Kier molecular flexibility index (Phi) is 3.77. The fraction of sp³-hybridized carbons (Fsp3) is 0.333. The first kappa shape index (κ1) is 13.5. The van der Waals surface area contributed by atoms with E-state index in [0.29, 0.717) is 11.6 Å². The molecule has 6 nitrogen and oxygen atoms in total. The van der Waals surface area contributed by atoms with Crippen molar-refractivity contribution in [1.29, 1.82) is 0 Å². The fourth-order valence-electron chi connectivity index (χ4n) is 2.05. The van der Waals surface area contributed by atoms with Crippen LogP contribution in [0.25, 0.3) is 0 Å². The predicted octanol–water partition coefficient (Wildman–Crippen LogP) is 2.63. The lowest BCUT2D eigenvalue weighted by Crippen LogP contribution is -2.31. The normalized spacial score (nSPS) is 15.3. The number of urea groups is 1. The Balaban J connectivity index is 1.56. The molecule has 3 rings (SSSR count). The second-order valence-electron chi connectivity index (χ2n) is 5.20. The van der Waals surface area contributed by atoms with Crippen molar-refractivity contribution in [2.45, 2.75) is 31.7 Å². The molecule has 108 valence electrons. The lowest BCUT2D eigenvalue weighted by atomic mass is 10.1. The Bertz CT molecular complexity index is 610. The highest BCUT2D eigenvalue weighted by Crippen LogP contribution is 2.37. The first-order valence-electron chi connectivity index (χ1n) is 7.02. The topological polar surface area (TPSA) is 79.8 Å². The molecular formula is C15H17N5O. The minimum Gasteiger partial charge on any atom is -0.331 e. The quantitative estimate of drug-likeness (QED) is 0.904. The molecule has 6 heteroatoms. The van der Waals surface area contributed by atoms with Crippen LogP contribution in [0.15, 0.2) is 36.9 Å². The zero-order valence-electron chi connectivity index (χ0n) is 11.8. The highest BCUT2D eigenvalue weighted by atomic mass is 16.2. The number of hydrogen-bond donors (Lipinski definition) is 2. The van der Waals surface area contributed by atoms with Crippen molar-refractivity contribution >= 4 is 11.7 Å². The number of carbonyl (C=O) groups is 1. The number of anilines is 1. The maximum absolute atomic E-state index is 11.9. The molecule has 0 bridgehead atoms. The third-order valence-corrected chi connectivity index (χ3v) is 3.43. The largest absolute Gasteiger partial charge is 0.331 e. The van der Waals surface area contributed by atoms with Crippen LogP contribution in [0.1, 0.15) is 43.1 Å². The molecule has 0 radical (unpaired) electrons. The van der Waals surface area contributed by atoms with Crippen LogP contribution in [-0.4, -0.2) is 21.0 Å². The van der Waals surface area contributed by atoms with Crippen LogP contribution < -0.4 is 10.6 Å². The molecule has 2 amide bonds. The van der Waals surface area contributed by atoms with Crippen molar-refractivity contribution < 1.29 is 4.79 Å². The van der Waals surface area contributed by atoms with Crippen LogP contribution in [0.2, 0.25) is 0 Å². The Hall–Kier alpha value is -2.50. The zero-order valence-corrected chi connectivity index (χ0v) is 11.8. The van der Waals surface area contributed by atoms with E-state index in [-0.39, 0.29) is 12.1 Å². The maximum atomic E-state index is 11.9. The van der Waals surface area contributed by atoms with Gasteiger partial charge in [-0.15, -0.1) is 0 Å². The van der Waals surface area contributed by atoms with E-state index in [0.717, 1.165) is 24.2 Å². The van der Waals surface area contributed by atoms with E-state index in [9.17, 15) is 4.79 Å². The summed E-state index contributed by atoms with van der Waals surface area (Å²) in [4.78, 5) is 24.4. The summed E-state index contributed by atoms with van der Waals surface area (Å²) in [7, 11) is 0. The molecule has 2 heterocycles. The summed E-state index contributed by atoms with van der Waals surface area (Å²) in [6, 6.07) is 3.37. The molecule has 2 aromatic rings. The number of amides is 2. The molecule has 1 atom stereocenters. The van der Waals surface area contributed by atoms with Crippen LogP contribution in [0, 0.1) is 0 Å². The summed E-state index contributed by atoms with van der Waals surface area (Å²) in [5.41, 5.74) is 1.60. The van der Waals surface area contributed by atoms with Crippen LogP contribution in [0.5, 0.6) is 0 Å². The van der Waals surface area contributed by atoms with E-state index in [4.69, 9.17) is 0 Å². The molecule has 0 aliphatic heterocycles. The molecule has 0 saturated heterocycles. The van der Waals surface area contributed by atoms with Crippen molar-refractivity contribution in [3.63, 3.8) is 0 Å². The lowest BCUT2D eigenvalue weighted by Gasteiger charge is -2.14. The molecule has 1 saturated carbocycles. The van der Waals surface area contributed by atoms with Gasteiger partial charge in [0.05, 0.1) is 24.1 Å². The van der Waals surface area contributed by atoms with E-state index in [2.05, 4.69) is 25.6 Å². The third kappa shape index (κ3) is 3.53. The van der Waals surface area contributed by atoms with Gasteiger partial charge in [0, 0.05) is 18.3 Å². The Morgan fingerprint density at radius 3 is 2.52 bits per heavy atom. The smallest absolute Gasteiger partial charge is 0.319 e. The second kappa shape index (κ2) is 5.87. The van der Waals surface area contributed by atoms with Gasteiger partial charge in [0.15, 0.2) is 0 Å². The van der Waals surface area contributed by atoms with Gasteiger partial charge in [0.2, 0.25) is 0 Å². The van der Waals surface area contributed by atoms with E-state index < -0.39 is 0 Å². The fourth-order valence-corrected chi connectivity index (χ4v) is 2.05. The minimum absolute atomic E-state index is 0.0975. The molecule has 1 aliphatic rings. The predicted molar refractivity (Wildman–Crippen MR) is 78.8 cm³/mol. The first-order chi connectivity index (χ1) is 10.2. The van der Waals surface area contributed by atoms with Gasteiger partial charge in [0.1, 0.15) is 5.82 Å². The minimum atomic E-state index is -0.276. The Morgan fingerprint density at radius 2 is 1.90 bits per heavy atom. The second-order valence-corrected chi connectivity index (χ2v) is 5.20. The maximum Gasteiger partial charge on any atom is 0.319 e. The van der Waals surface area contributed by atoms with Crippen LogP contribution in [0.4, 0.5) is 10.5 Å². The van der Waals surface area contributed by atoms with Crippen molar-refractivity contribution in [1.82, 2.24) is 20.3 Å². The van der Waals surface area contributed by atoms with Gasteiger partial charge in [-0.1, -0.05) is 0 Å². The number of pyridine rings is 1. The molecule has 1 aliphatic carbocycles. The van der Waals surface area contributed by atoms with Crippen LogP contribution >= 0.6 is 0 Å². The molecule has 1 fully saturated rings. The molecule has 2 N–H and O–H groups in total. The number of rotatable bonds is 4. The van der Waals surface area contributed by atoms with E-state index in [1.54, 1.807) is 24.8 Å². The zero-order chi connectivity index (χ0) is 14.7. The summed E-state index contributed by atoms with van der Waals surface area (Å²) in [6.45, 7) is 1.92. The highest BCUT2D eigenvalue weighted by Gasteiger charge is 2.26. The summed E-state index contributed by atoms with van der Waals surface area (Å²) in [6.07, 6.45) is 9.04. The summed E-state index contributed by atoms with van der Waals surface area (Å²) in [5, 5.41) is 5.60. The van der Waals surface area contributed by atoms with Crippen molar-refractivity contribution in [3.8, 4) is 0 Å². The average Bonchev–Trinajstić information content (AvgIpc) is 3.33. The Morgan fingerprint density at radius 1 is 1.24 bits per heavy atom. The van der Waals surface area contributed by atoms with Crippen LogP contribution in [-0.2, 0) is 0 Å². The van der Waals surface area contributed by atoms with E-state index in [1.807, 2.05) is 19.1 Å². The third-order valence-electron chi connectivity index (χ3n) is 3.43. The SMILES string of the molecule is CC(NC(=O)Nc1cnc(C2CC2)nc1)c1ccncc1. The van der Waals surface area contributed by atoms with Crippen molar-refractivity contribution in [2.75, 3.05) is 5.32 Å². The van der Waals surface area contributed by atoms with E-state index in [1.165, 1.54) is 0 Å². The standard InChI is InChI=1S/C15H17N5O/c1-10(11-4-6-16-7-5-11)19-15(21)20-13-8-17-14(18-9-13)12-2-3-12/h4-10,12H,2-3H2,1H3,(H2,19,20,21). The molecular weight excluding hydrogens is 266 g/mol.